The third kappa shape index (κ3) is 1.46. The van der Waals surface area contributed by atoms with Crippen LogP contribution in [0.1, 0.15) is 10.4 Å². The van der Waals surface area contributed by atoms with Gasteiger partial charge in [0, 0.05) is 0 Å². The average molecular weight is 229 g/mol. The molecule has 0 saturated heterocycles. The lowest BCUT2D eigenvalue weighted by Gasteiger charge is -2.04. The molecule has 2 N–H and O–H groups in total. The minimum Gasteiger partial charge on any atom is -0.448 e. The largest absolute Gasteiger partial charge is 0.448 e. The molecular weight excluding hydrogens is 222 g/mol. The number of aromatic nitrogens is 2. The Balaban J connectivity index is 2.25. The van der Waals surface area contributed by atoms with Gasteiger partial charge in [0.2, 0.25) is 5.75 Å². The van der Waals surface area contributed by atoms with E-state index >= 15 is 0 Å². The number of amides is 1. The number of hydrogen-bond acceptors (Lipinski definition) is 4. The Hall–Kier alpha value is -2.63. The van der Waals surface area contributed by atoms with Crippen molar-refractivity contribution in [3.05, 3.63) is 46.4 Å². The first-order valence-corrected chi connectivity index (χ1v) is 4.91. The number of carbonyl (C=O) groups is 1. The Morgan fingerprint density at radius 2 is 2.00 bits per heavy atom. The average Bonchev–Trinajstić information content (AvgIpc) is 2.47. The smallest absolute Gasteiger partial charge is 0.309 e. The first-order chi connectivity index (χ1) is 8.25. The van der Waals surface area contributed by atoms with Gasteiger partial charge in [-0.05, 0) is 12.1 Å². The Kier molecular flexibility index (Phi) is 1.94. The van der Waals surface area contributed by atoms with Gasteiger partial charge in [0.1, 0.15) is 11.4 Å². The molecule has 0 atom stereocenters. The Labute approximate surface area is 95.2 Å². The van der Waals surface area contributed by atoms with Gasteiger partial charge in [0.05, 0.1) is 11.8 Å². The van der Waals surface area contributed by atoms with Crippen molar-refractivity contribution in [3.63, 3.8) is 0 Å². The number of benzene rings is 1. The molecular formula is C11H7N3O3. The number of anilines is 1. The van der Waals surface area contributed by atoms with Crippen LogP contribution in [0.3, 0.4) is 0 Å². The summed E-state index contributed by atoms with van der Waals surface area (Å²) in [6.45, 7) is 0. The number of H-pyrrole nitrogens is 1. The van der Waals surface area contributed by atoms with Crippen LogP contribution in [0.25, 0.3) is 0 Å². The van der Waals surface area contributed by atoms with Crippen LogP contribution in [0.15, 0.2) is 35.3 Å². The first-order valence-electron chi connectivity index (χ1n) is 4.91. The molecule has 0 spiro atoms. The highest BCUT2D eigenvalue weighted by Gasteiger charge is 2.22. The lowest BCUT2D eigenvalue weighted by atomic mass is 10.2. The molecule has 0 bridgehead atoms. The first kappa shape index (κ1) is 9.59. The van der Waals surface area contributed by atoms with Crippen LogP contribution in [0.5, 0.6) is 11.5 Å². The van der Waals surface area contributed by atoms with Crippen LogP contribution in [0, 0.1) is 0 Å². The van der Waals surface area contributed by atoms with Crippen LogP contribution in [0.2, 0.25) is 0 Å². The highest BCUT2D eigenvalue weighted by molar-refractivity contribution is 6.07. The van der Waals surface area contributed by atoms with Gasteiger partial charge in [0.25, 0.3) is 5.91 Å². The lowest BCUT2D eigenvalue weighted by Crippen LogP contribution is -2.14. The summed E-state index contributed by atoms with van der Waals surface area (Å²) in [6, 6.07) is 6.70. The summed E-state index contributed by atoms with van der Waals surface area (Å²) in [5, 5.41) is 8.43. The second-order valence-corrected chi connectivity index (χ2v) is 3.49. The number of rotatable bonds is 0. The van der Waals surface area contributed by atoms with E-state index in [4.69, 9.17) is 4.74 Å². The van der Waals surface area contributed by atoms with Gasteiger partial charge < -0.3 is 10.1 Å². The van der Waals surface area contributed by atoms with Crippen LogP contribution in [-0.4, -0.2) is 16.1 Å². The molecule has 2 heterocycles. The maximum Gasteiger partial charge on any atom is 0.309 e. The number of hydrogen-bond donors (Lipinski definition) is 2. The number of para-hydroxylation sites is 1. The fourth-order valence-electron chi connectivity index (χ4n) is 1.62. The second kappa shape index (κ2) is 3.44. The van der Waals surface area contributed by atoms with E-state index in [0.717, 1.165) is 0 Å². The molecule has 17 heavy (non-hydrogen) atoms. The van der Waals surface area contributed by atoms with E-state index in [2.05, 4.69) is 15.5 Å². The van der Waals surface area contributed by atoms with Crippen molar-refractivity contribution < 1.29 is 9.53 Å². The molecule has 84 valence electrons. The number of carbonyl (C=O) groups excluding carboxylic acids is 1. The SMILES string of the molecule is O=C1Nc2cn[nH]c(=O)c2Oc2ccccc21. The fourth-order valence-corrected chi connectivity index (χ4v) is 1.62. The van der Waals surface area contributed by atoms with Crippen molar-refractivity contribution >= 4 is 11.6 Å². The molecule has 1 aromatic carbocycles. The molecule has 0 fully saturated rings. The topological polar surface area (TPSA) is 84.1 Å². The maximum absolute atomic E-state index is 11.8. The Morgan fingerprint density at radius 1 is 1.18 bits per heavy atom. The van der Waals surface area contributed by atoms with Gasteiger partial charge in [-0.15, -0.1) is 0 Å². The van der Waals surface area contributed by atoms with E-state index in [9.17, 15) is 9.59 Å². The number of nitrogens with one attached hydrogen (secondary N) is 2. The molecule has 2 aromatic rings. The number of aromatic amines is 1. The summed E-state index contributed by atoms with van der Waals surface area (Å²) in [5.74, 6) is 0.0606. The van der Waals surface area contributed by atoms with Crippen molar-refractivity contribution in [2.45, 2.75) is 0 Å². The van der Waals surface area contributed by atoms with Gasteiger partial charge in [0.15, 0.2) is 0 Å². The predicted molar refractivity (Wildman–Crippen MR) is 59.3 cm³/mol. The van der Waals surface area contributed by atoms with E-state index in [1.54, 1.807) is 24.3 Å². The third-order valence-corrected chi connectivity index (χ3v) is 2.40. The van der Waals surface area contributed by atoms with Crippen LogP contribution in [0.4, 0.5) is 5.69 Å². The van der Waals surface area contributed by atoms with Crippen LogP contribution < -0.4 is 15.6 Å². The Morgan fingerprint density at radius 3 is 2.88 bits per heavy atom. The zero-order chi connectivity index (χ0) is 11.8. The molecule has 0 radical (unpaired) electrons. The number of fused-ring (bicyclic) bond motifs is 2. The summed E-state index contributed by atoms with van der Waals surface area (Å²) >= 11 is 0. The van der Waals surface area contributed by atoms with E-state index in [1.807, 2.05) is 0 Å². The van der Waals surface area contributed by atoms with Gasteiger partial charge in [-0.2, -0.15) is 5.10 Å². The minimum atomic E-state index is -0.487. The Bertz CT molecular complexity index is 663. The molecule has 1 aliphatic rings. The normalized spacial score (nSPS) is 12.8. The van der Waals surface area contributed by atoms with Crippen molar-refractivity contribution in [3.8, 4) is 11.5 Å². The van der Waals surface area contributed by atoms with Crippen molar-refractivity contribution in [2.75, 3.05) is 5.32 Å². The van der Waals surface area contributed by atoms with Gasteiger partial charge in [-0.1, -0.05) is 12.1 Å². The number of ether oxygens (including phenoxy) is 1. The quantitative estimate of drug-likeness (QED) is 0.709. The van der Waals surface area contributed by atoms with E-state index in [1.165, 1.54) is 6.20 Å². The molecule has 0 saturated carbocycles. The van der Waals surface area contributed by atoms with E-state index in [0.29, 0.717) is 11.3 Å². The number of nitrogens with zero attached hydrogens (tertiary/aromatic N) is 1. The fraction of sp³-hybridized carbons (Fsp3) is 0. The molecule has 3 rings (SSSR count). The van der Waals surface area contributed by atoms with Crippen LogP contribution in [-0.2, 0) is 0 Å². The zero-order valence-corrected chi connectivity index (χ0v) is 8.56. The molecule has 6 nitrogen and oxygen atoms in total. The van der Waals surface area contributed by atoms with Gasteiger partial charge >= 0.3 is 5.56 Å². The van der Waals surface area contributed by atoms with Crippen molar-refractivity contribution in [2.24, 2.45) is 0 Å². The third-order valence-electron chi connectivity index (χ3n) is 2.40. The van der Waals surface area contributed by atoms with Gasteiger partial charge in [-0.25, -0.2) is 5.10 Å². The lowest BCUT2D eigenvalue weighted by molar-refractivity contribution is 0.102. The molecule has 0 unspecified atom stereocenters. The predicted octanol–water partition coefficient (Wildman–Crippen LogP) is 1.13. The second-order valence-electron chi connectivity index (χ2n) is 3.49. The molecule has 1 amide bonds. The summed E-state index contributed by atoms with van der Waals surface area (Å²) < 4.78 is 5.44. The summed E-state index contributed by atoms with van der Waals surface area (Å²) in [6.07, 6.45) is 1.33. The minimum absolute atomic E-state index is 0.0401. The van der Waals surface area contributed by atoms with Crippen LogP contribution >= 0.6 is 0 Å². The summed E-state index contributed by atoms with van der Waals surface area (Å²) in [7, 11) is 0. The summed E-state index contributed by atoms with van der Waals surface area (Å²) in [4.78, 5) is 23.4. The van der Waals surface area contributed by atoms with E-state index < -0.39 is 5.56 Å². The molecule has 1 aliphatic heterocycles. The molecule has 6 heteroatoms. The summed E-state index contributed by atoms with van der Waals surface area (Å²) in [5.41, 5.74) is 0.151. The molecule has 0 aliphatic carbocycles. The highest BCUT2D eigenvalue weighted by Crippen LogP contribution is 2.31. The molecule has 1 aromatic heterocycles. The monoisotopic (exact) mass is 229 g/mol. The maximum atomic E-state index is 11.8. The highest BCUT2D eigenvalue weighted by atomic mass is 16.5. The van der Waals surface area contributed by atoms with E-state index in [-0.39, 0.29) is 17.3 Å². The zero-order valence-electron chi connectivity index (χ0n) is 8.56. The standard InChI is InChI=1S/C11H7N3O3/c15-10-6-3-1-2-4-8(6)17-9-7(13-10)5-12-14-11(9)16/h1-5H,(H,13,15)(H,14,16). The van der Waals surface area contributed by atoms with Gasteiger partial charge in [-0.3, -0.25) is 9.59 Å². The van der Waals surface area contributed by atoms with Crippen molar-refractivity contribution in [1.29, 1.82) is 0 Å². The van der Waals surface area contributed by atoms with Crippen molar-refractivity contribution in [1.82, 2.24) is 10.2 Å².